The molecule has 0 saturated heterocycles. The van der Waals surface area contributed by atoms with Gasteiger partial charge in [-0.15, -0.1) is 11.3 Å². The van der Waals surface area contributed by atoms with E-state index in [4.69, 9.17) is 9.47 Å². The first kappa shape index (κ1) is 25.1. The smallest absolute Gasteiger partial charge is 0.242 e. The van der Waals surface area contributed by atoms with Gasteiger partial charge in [-0.1, -0.05) is 25.0 Å². The van der Waals surface area contributed by atoms with Crippen molar-refractivity contribution in [1.29, 1.82) is 0 Å². The minimum absolute atomic E-state index is 0.00325. The van der Waals surface area contributed by atoms with Crippen molar-refractivity contribution in [2.24, 2.45) is 5.92 Å². The number of hydrogen-bond donors (Lipinski definition) is 0. The Balaban J connectivity index is 1.72. The van der Waals surface area contributed by atoms with Gasteiger partial charge in [0.1, 0.15) is 0 Å². The third kappa shape index (κ3) is 6.73. The van der Waals surface area contributed by atoms with Crippen LogP contribution < -0.4 is 9.47 Å². The van der Waals surface area contributed by atoms with Gasteiger partial charge in [0.25, 0.3) is 0 Å². The molecule has 2 amide bonds. The average molecular weight is 473 g/mol. The number of carbonyl (C=O) groups is 2. The number of benzene rings is 1. The molecule has 1 aromatic heterocycles. The SMILES string of the molecule is COc1ccc(CCN(Cc2cccs2)C(=O)CN(C(=O)C2CCCC2)C(C)C)cc1OC. The van der Waals surface area contributed by atoms with Crippen molar-refractivity contribution < 1.29 is 19.1 Å². The largest absolute Gasteiger partial charge is 0.493 e. The van der Waals surface area contributed by atoms with Crippen LogP contribution in [0.2, 0.25) is 0 Å². The maximum absolute atomic E-state index is 13.4. The van der Waals surface area contributed by atoms with E-state index in [-0.39, 0.29) is 30.3 Å². The molecule has 0 radical (unpaired) electrons. The fraction of sp³-hybridized carbons (Fsp3) is 0.538. The van der Waals surface area contributed by atoms with Gasteiger partial charge in [0.2, 0.25) is 11.8 Å². The molecule has 1 saturated carbocycles. The highest BCUT2D eigenvalue weighted by molar-refractivity contribution is 7.09. The van der Waals surface area contributed by atoms with E-state index in [2.05, 4.69) is 0 Å². The predicted octanol–water partition coefficient (Wildman–Crippen LogP) is 4.76. The Bertz CT molecular complexity index is 907. The molecule has 2 aromatic rings. The second-order valence-electron chi connectivity index (χ2n) is 8.88. The first-order valence-electron chi connectivity index (χ1n) is 11.7. The van der Waals surface area contributed by atoms with Crippen LogP contribution in [-0.4, -0.2) is 55.0 Å². The molecule has 1 aliphatic carbocycles. The highest BCUT2D eigenvalue weighted by Gasteiger charge is 2.31. The van der Waals surface area contributed by atoms with Gasteiger partial charge >= 0.3 is 0 Å². The van der Waals surface area contributed by atoms with Crippen molar-refractivity contribution in [1.82, 2.24) is 9.80 Å². The van der Waals surface area contributed by atoms with Crippen molar-refractivity contribution in [3.63, 3.8) is 0 Å². The van der Waals surface area contributed by atoms with E-state index in [1.54, 1.807) is 30.5 Å². The van der Waals surface area contributed by atoms with E-state index in [1.165, 1.54) is 0 Å². The molecule has 0 bridgehead atoms. The van der Waals surface area contributed by atoms with E-state index < -0.39 is 0 Å². The van der Waals surface area contributed by atoms with Gasteiger partial charge in [0.15, 0.2) is 11.5 Å². The molecule has 180 valence electrons. The summed E-state index contributed by atoms with van der Waals surface area (Å²) in [7, 11) is 3.24. The number of methoxy groups -OCH3 is 2. The molecule has 0 spiro atoms. The zero-order chi connectivity index (χ0) is 23.8. The third-order valence-electron chi connectivity index (χ3n) is 6.31. The maximum Gasteiger partial charge on any atom is 0.242 e. The summed E-state index contributed by atoms with van der Waals surface area (Å²) in [5.74, 6) is 1.55. The molecule has 3 rings (SSSR count). The Hall–Kier alpha value is -2.54. The fourth-order valence-corrected chi connectivity index (χ4v) is 5.07. The third-order valence-corrected chi connectivity index (χ3v) is 7.18. The molecule has 0 unspecified atom stereocenters. The van der Waals surface area contributed by atoms with Crippen LogP contribution in [0, 0.1) is 5.92 Å². The number of rotatable bonds is 11. The van der Waals surface area contributed by atoms with Gasteiger partial charge in [-0.25, -0.2) is 0 Å². The molecular formula is C26H36N2O4S. The van der Waals surface area contributed by atoms with Crippen LogP contribution in [0.1, 0.15) is 50.0 Å². The van der Waals surface area contributed by atoms with Gasteiger partial charge in [0.05, 0.1) is 27.3 Å². The van der Waals surface area contributed by atoms with Crippen LogP contribution in [0.3, 0.4) is 0 Å². The Morgan fingerprint density at radius 1 is 1.09 bits per heavy atom. The second-order valence-corrected chi connectivity index (χ2v) is 9.91. The quantitative estimate of drug-likeness (QED) is 0.473. The van der Waals surface area contributed by atoms with Gasteiger partial charge in [-0.3, -0.25) is 9.59 Å². The van der Waals surface area contributed by atoms with Crippen LogP contribution in [0.5, 0.6) is 11.5 Å². The molecule has 0 N–H and O–H groups in total. The topological polar surface area (TPSA) is 59.1 Å². The lowest BCUT2D eigenvalue weighted by Crippen LogP contribution is -2.47. The number of amides is 2. The van der Waals surface area contributed by atoms with Crippen LogP contribution in [0.25, 0.3) is 0 Å². The zero-order valence-electron chi connectivity index (χ0n) is 20.2. The van der Waals surface area contributed by atoms with Crippen LogP contribution in [0.15, 0.2) is 35.7 Å². The standard InChI is InChI=1S/C26H36N2O4S/c1-19(2)28(26(30)21-8-5-6-9-21)18-25(29)27(17-22-10-7-15-33-22)14-13-20-11-12-23(31-3)24(16-20)32-4/h7,10-12,15-16,19,21H,5-6,8-9,13-14,17-18H2,1-4H3. The lowest BCUT2D eigenvalue weighted by Gasteiger charge is -2.31. The normalized spacial score (nSPS) is 13.8. The Kier molecular flexibility index (Phi) is 9.18. The Labute approximate surface area is 201 Å². The van der Waals surface area contributed by atoms with Crippen molar-refractivity contribution in [2.75, 3.05) is 27.3 Å². The second kappa shape index (κ2) is 12.1. The minimum Gasteiger partial charge on any atom is -0.493 e. The Morgan fingerprint density at radius 2 is 1.82 bits per heavy atom. The summed E-state index contributed by atoms with van der Waals surface area (Å²) < 4.78 is 10.8. The summed E-state index contributed by atoms with van der Waals surface area (Å²) in [5.41, 5.74) is 1.07. The van der Waals surface area contributed by atoms with Gasteiger partial charge in [-0.05, 0) is 62.3 Å². The molecule has 1 aromatic carbocycles. The van der Waals surface area contributed by atoms with Gasteiger partial charge in [-0.2, -0.15) is 0 Å². The summed E-state index contributed by atoms with van der Waals surface area (Å²) in [6.07, 6.45) is 4.77. The summed E-state index contributed by atoms with van der Waals surface area (Å²) >= 11 is 1.64. The average Bonchev–Trinajstić information content (AvgIpc) is 3.53. The molecule has 0 aliphatic heterocycles. The monoisotopic (exact) mass is 472 g/mol. The number of hydrogen-bond acceptors (Lipinski definition) is 5. The van der Waals surface area contributed by atoms with Gasteiger partial charge in [0, 0.05) is 23.4 Å². The summed E-state index contributed by atoms with van der Waals surface area (Å²) in [4.78, 5) is 31.3. The van der Waals surface area contributed by atoms with Crippen LogP contribution >= 0.6 is 11.3 Å². The minimum atomic E-state index is -0.0103. The van der Waals surface area contributed by atoms with Crippen molar-refractivity contribution in [3.8, 4) is 11.5 Å². The van der Waals surface area contributed by atoms with E-state index in [0.29, 0.717) is 31.0 Å². The predicted molar refractivity (Wildman–Crippen MR) is 132 cm³/mol. The number of thiophene rings is 1. The number of ether oxygens (including phenoxy) is 2. The molecule has 1 heterocycles. The molecule has 1 fully saturated rings. The molecular weight excluding hydrogens is 436 g/mol. The Morgan fingerprint density at radius 3 is 2.42 bits per heavy atom. The van der Waals surface area contributed by atoms with E-state index in [0.717, 1.165) is 36.1 Å². The van der Waals surface area contributed by atoms with Crippen molar-refractivity contribution >= 4 is 23.2 Å². The maximum atomic E-state index is 13.4. The number of carbonyl (C=O) groups excluding carboxylic acids is 2. The van der Waals surface area contributed by atoms with Crippen molar-refractivity contribution in [2.45, 2.75) is 58.5 Å². The summed E-state index contributed by atoms with van der Waals surface area (Å²) in [6.45, 7) is 5.23. The highest BCUT2D eigenvalue weighted by Crippen LogP contribution is 2.29. The molecule has 7 heteroatoms. The van der Waals surface area contributed by atoms with Crippen molar-refractivity contribution in [3.05, 3.63) is 46.2 Å². The lowest BCUT2D eigenvalue weighted by atomic mass is 10.1. The van der Waals surface area contributed by atoms with E-state index >= 15 is 0 Å². The summed E-state index contributed by atoms with van der Waals surface area (Å²) in [6, 6.07) is 9.89. The summed E-state index contributed by atoms with van der Waals surface area (Å²) in [5, 5.41) is 2.02. The molecule has 1 aliphatic rings. The van der Waals surface area contributed by atoms with Gasteiger partial charge < -0.3 is 19.3 Å². The lowest BCUT2D eigenvalue weighted by molar-refractivity contribution is -0.144. The van der Waals surface area contributed by atoms with E-state index in [9.17, 15) is 9.59 Å². The van der Waals surface area contributed by atoms with Crippen LogP contribution in [-0.2, 0) is 22.6 Å². The molecule has 33 heavy (non-hydrogen) atoms. The first-order chi connectivity index (χ1) is 15.9. The molecule has 0 atom stereocenters. The fourth-order valence-electron chi connectivity index (χ4n) is 4.35. The first-order valence-corrected chi connectivity index (χ1v) is 12.6. The molecule has 6 nitrogen and oxygen atoms in total. The zero-order valence-corrected chi connectivity index (χ0v) is 21.0. The number of nitrogens with zero attached hydrogens (tertiary/aromatic N) is 2. The highest BCUT2D eigenvalue weighted by atomic mass is 32.1. The van der Waals surface area contributed by atoms with E-state index in [1.807, 2.05) is 54.5 Å². The van der Waals surface area contributed by atoms with Crippen LogP contribution in [0.4, 0.5) is 0 Å².